The lowest BCUT2D eigenvalue weighted by molar-refractivity contribution is 0.245. The molecule has 1 aliphatic carbocycles. The Hall–Kier alpha value is -2.66. The van der Waals surface area contributed by atoms with Crippen molar-refractivity contribution >= 4 is 17.3 Å². The van der Waals surface area contributed by atoms with Gasteiger partial charge in [0.25, 0.3) is 0 Å². The highest BCUT2D eigenvalue weighted by Crippen LogP contribution is 2.44. The zero-order valence-corrected chi connectivity index (χ0v) is 20.0. The SMILES string of the molecule is CCc1ccc(-n2c(C)cc([C@H]3[C@@H](c4ccccn4)NC(=S)N3C3CCCC3)c2C)cc1. The van der Waals surface area contributed by atoms with Gasteiger partial charge in [0.1, 0.15) is 0 Å². The summed E-state index contributed by atoms with van der Waals surface area (Å²) in [5.41, 5.74) is 7.52. The van der Waals surface area contributed by atoms with Crippen molar-refractivity contribution in [1.29, 1.82) is 0 Å². The van der Waals surface area contributed by atoms with Crippen LogP contribution in [0.15, 0.2) is 54.7 Å². The molecule has 2 atom stereocenters. The normalized spacial score (nSPS) is 21.3. The van der Waals surface area contributed by atoms with Crippen molar-refractivity contribution in [3.8, 4) is 5.69 Å². The second-order valence-electron chi connectivity index (χ2n) is 9.15. The van der Waals surface area contributed by atoms with E-state index in [2.05, 4.69) is 78.0 Å². The molecule has 0 spiro atoms. The summed E-state index contributed by atoms with van der Waals surface area (Å²) in [5.74, 6) is 0. The lowest BCUT2D eigenvalue weighted by Gasteiger charge is -2.33. The van der Waals surface area contributed by atoms with Crippen molar-refractivity contribution in [3.63, 3.8) is 0 Å². The molecule has 0 bridgehead atoms. The summed E-state index contributed by atoms with van der Waals surface area (Å²) in [6, 6.07) is 18.2. The Morgan fingerprint density at radius 2 is 1.81 bits per heavy atom. The summed E-state index contributed by atoms with van der Waals surface area (Å²) < 4.78 is 2.39. The van der Waals surface area contributed by atoms with Gasteiger partial charge in [-0.3, -0.25) is 4.98 Å². The Balaban J connectivity index is 1.61. The molecule has 1 aromatic carbocycles. The van der Waals surface area contributed by atoms with Gasteiger partial charge >= 0.3 is 0 Å². The molecule has 32 heavy (non-hydrogen) atoms. The van der Waals surface area contributed by atoms with Crippen molar-refractivity contribution in [2.75, 3.05) is 0 Å². The summed E-state index contributed by atoms with van der Waals surface area (Å²) in [6.07, 6.45) is 7.94. The number of aryl methyl sites for hydroxylation is 2. The minimum atomic E-state index is 0.0562. The van der Waals surface area contributed by atoms with Gasteiger partial charge in [-0.1, -0.05) is 38.0 Å². The van der Waals surface area contributed by atoms with Gasteiger partial charge < -0.3 is 14.8 Å². The number of rotatable bonds is 5. The van der Waals surface area contributed by atoms with Gasteiger partial charge in [-0.25, -0.2) is 0 Å². The van der Waals surface area contributed by atoms with Crippen LogP contribution in [0, 0.1) is 13.8 Å². The van der Waals surface area contributed by atoms with Crippen LogP contribution in [-0.2, 0) is 6.42 Å². The third-order valence-corrected chi connectivity index (χ3v) is 7.57. The fourth-order valence-corrected chi connectivity index (χ4v) is 6.03. The van der Waals surface area contributed by atoms with Crippen LogP contribution in [0.25, 0.3) is 5.69 Å². The van der Waals surface area contributed by atoms with E-state index in [1.165, 1.54) is 53.9 Å². The van der Waals surface area contributed by atoms with Gasteiger partial charge in [0, 0.05) is 29.3 Å². The first kappa shape index (κ1) is 21.2. The van der Waals surface area contributed by atoms with Crippen LogP contribution in [0.1, 0.15) is 72.9 Å². The number of hydrogen-bond acceptors (Lipinski definition) is 2. The minimum absolute atomic E-state index is 0.0562. The highest BCUT2D eigenvalue weighted by atomic mass is 32.1. The fraction of sp³-hybridized carbons (Fsp3) is 0.407. The van der Waals surface area contributed by atoms with E-state index in [0.717, 1.165) is 17.2 Å². The van der Waals surface area contributed by atoms with Gasteiger partial charge in [0.05, 0.1) is 17.8 Å². The van der Waals surface area contributed by atoms with Crippen LogP contribution < -0.4 is 5.32 Å². The molecule has 5 rings (SSSR count). The van der Waals surface area contributed by atoms with Crippen LogP contribution in [0.4, 0.5) is 0 Å². The maximum absolute atomic E-state index is 5.92. The second-order valence-corrected chi connectivity index (χ2v) is 9.54. The second kappa shape index (κ2) is 8.70. The molecule has 2 aliphatic rings. The van der Waals surface area contributed by atoms with Gasteiger partial charge in [0.2, 0.25) is 0 Å². The van der Waals surface area contributed by atoms with Gasteiger partial charge in [-0.15, -0.1) is 0 Å². The number of hydrogen-bond donors (Lipinski definition) is 1. The van der Waals surface area contributed by atoms with Gasteiger partial charge in [0.15, 0.2) is 5.11 Å². The molecular formula is C27H32N4S. The maximum Gasteiger partial charge on any atom is 0.170 e. The molecule has 3 aromatic rings. The first-order valence-corrected chi connectivity index (χ1v) is 12.3. The van der Waals surface area contributed by atoms with E-state index in [1.807, 2.05) is 12.3 Å². The average Bonchev–Trinajstić information content (AvgIpc) is 3.52. The molecule has 5 heteroatoms. The first-order valence-electron chi connectivity index (χ1n) is 11.9. The Kier molecular flexibility index (Phi) is 5.76. The molecule has 4 nitrogen and oxygen atoms in total. The van der Waals surface area contributed by atoms with E-state index in [0.29, 0.717) is 6.04 Å². The van der Waals surface area contributed by atoms with Crippen molar-refractivity contribution < 1.29 is 0 Å². The number of aromatic nitrogens is 2. The zero-order chi connectivity index (χ0) is 22.2. The number of nitrogens with one attached hydrogen (secondary N) is 1. The first-order chi connectivity index (χ1) is 15.6. The van der Waals surface area contributed by atoms with Crippen LogP contribution in [0.5, 0.6) is 0 Å². The zero-order valence-electron chi connectivity index (χ0n) is 19.2. The fourth-order valence-electron chi connectivity index (χ4n) is 5.64. The smallest absolute Gasteiger partial charge is 0.170 e. The predicted octanol–water partition coefficient (Wildman–Crippen LogP) is 5.97. The molecule has 1 saturated carbocycles. The van der Waals surface area contributed by atoms with E-state index in [-0.39, 0.29) is 12.1 Å². The summed E-state index contributed by atoms with van der Waals surface area (Å²) in [4.78, 5) is 7.21. The van der Waals surface area contributed by atoms with Crippen molar-refractivity contribution in [2.45, 2.75) is 71.0 Å². The van der Waals surface area contributed by atoms with Crippen LogP contribution in [-0.4, -0.2) is 25.6 Å². The van der Waals surface area contributed by atoms with E-state index in [9.17, 15) is 0 Å². The van der Waals surface area contributed by atoms with Crippen molar-refractivity contribution in [2.24, 2.45) is 0 Å². The largest absolute Gasteiger partial charge is 0.352 e. The third kappa shape index (κ3) is 3.62. The highest BCUT2D eigenvalue weighted by molar-refractivity contribution is 7.80. The topological polar surface area (TPSA) is 33.1 Å². The lowest BCUT2D eigenvalue weighted by Crippen LogP contribution is -2.37. The van der Waals surface area contributed by atoms with Crippen LogP contribution >= 0.6 is 12.2 Å². The van der Waals surface area contributed by atoms with Gasteiger partial charge in [-0.05, 0) is 86.8 Å². The predicted molar refractivity (Wildman–Crippen MR) is 134 cm³/mol. The average molecular weight is 445 g/mol. The van der Waals surface area contributed by atoms with Crippen molar-refractivity contribution in [1.82, 2.24) is 19.8 Å². The third-order valence-electron chi connectivity index (χ3n) is 7.25. The molecule has 1 saturated heterocycles. The molecule has 2 aromatic heterocycles. The molecule has 166 valence electrons. The highest BCUT2D eigenvalue weighted by Gasteiger charge is 2.44. The Morgan fingerprint density at radius 3 is 2.47 bits per heavy atom. The molecule has 3 heterocycles. The lowest BCUT2D eigenvalue weighted by atomic mass is 9.95. The number of nitrogens with zero attached hydrogens (tertiary/aromatic N) is 3. The number of pyridine rings is 1. The quantitative estimate of drug-likeness (QED) is 0.492. The van der Waals surface area contributed by atoms with E-state index < -0.39 is 0 Å². The van der Waals surface area contributed by atoms with E-state index >= 15 is 0 Å². The van der Waals surface area contributed by atoms with Crippen molar-refractivity contribution in [3.05, 3.63) is 82.9 Å². The Bertz CT molecular complexity index is 1100. The number of thiocarbonyl (C=S) groups is 1. The van der Waals surface area contributed by atoms with Crippen LogP contribution in [0.3, 0.4) is 0 Å². The monoisotopic (exact) mass is 444 g/mol. The minimum Gasteiger partial charge on any atom is -0.352 e. The Labute approximate surface area is 196 Å². The standard InChI is InChI=1S/C27H32N4S/c1-4-20-12-14-22(15-13-20)30-18(2)17-23(19(30)3)26-25(24-11-7-8-16-28-24)29-27(32)31(26)21-9-5-6-10-21/h7-8,11-17,21,25-26H,4-6,9-10H2,1-3H3,(H,29,32)/t25-,26+/m1/s1. The molecule has 0 amide bonds. The summed E-state index contributed by atoms with van der Waals surface area (Å²) in [5, 5.41) is 4.51. The molecule has 1 N–H and O–H groups in total. The van der Waals surface area contributed by atoms with E-state index in [1.54, 1.807) is 0 Å². The maximum atomic E-state index is 5.92. The van der Waals surface area contributed by atoms with E-state index in [4.69, 9.17) is 17.2 Å². The molecule has 1 aliphatic heterocycles. The summed E-state index contributed by atoms with van der Waals surface area (Å²) >= 11 is 5.92. The molecular weight excluding hydrogens is 412 g/mol. The summed E-state index contributed by atoms with van der Waals surface area (Å²) in [7, 11) is 0. The van der Waals surface area contributed by atoms with Crippen LogP contribution in [0.2, 0.25) is 0 Å². The van der Waals surface area contributed by atoms with Gasteiger partial charge in [-0.2, -0.15) is 0 Å². The molecule has 2 fully saturated rings. The number of benzene rings is 1. The summed E-state index contributed by atoms with van der Waals surface area (Å²) in [6.45, 7) is 6.66. The molecule has 0 unspecified atom stereocenters. The molecule has 0 radical (unpaired) electrons. The Morgan fingerprint density at radius 1 is 1.06 bits per heavy atom.